The van der Waals surface area contributed by atoms with Gasteiger partial charge in [-0.05, 0) is 29.3 Å². The molecule has 0 saturated carbocycles. The number of amides is 1. The van der Waals surface area contributed by atoms with E-state index < -0.39 is 0 Å². The van der Waals surface area contributed by atoms with Crippen LogP contribution in [0.25, 0.3) is 11.3 Å². The van der Waals surface area contributed by atoms with Crippen molar-refractivity contribution < 1.29 is 9.53 Å². The van der Waals surface area contributed by atoms with Crippen LogP contribution in [0.4, 0.5) is 0 Å². The molecule has 6 heteroatoms. The van der Waals surface area contributed by atoms with Crippen LogP contribution >= 0.6 is 15.9 Å². The average molecular weight is 378 g/mol. The lowest BCUT2D eigenvalue weighted by molar-refractivity contribution is 0.0724. The monoisotopic (exact) mass is 377 g/mol. The Morgan fingerprint density at radius 1 is 1.43 bits per heavy atom. The van der Waals surface area contributed by atoms with Crippen LogP contribution in [-0.4, -0.2) is 47.3 Å². The third-order valence-corrected chi connectivity index (χ3v) is 4.91. The second-order valence-corrected chi connectivity index (χ2v) is 6.49. The maximum Gasteiger partial charge on any atom is 0.273 e. The number of hydrogen-bond acceptors (Lipinski definition) is 3. The summed E-state index contributed by atoms with van der Waals surface area (Å²) in [6.45, 7) is 4.92. The van der Waals surface area contributed by atoms with Crippen molar-refractivity contribution in [1.29, 1.82) is 0 Å². The normalized spacial score (nSPS) is 17.4. The number of carbonyl (C=O) groups is 1. The summed E-state index contributed by atoms with van der Waals surface area (Å²) in [5.41, 5.74) is 2.24. The van der Waals surface area contributed by atoms with Crippen molar-refractivity contribution in [2.24, 2.45) is 5.92 Å². The number of nitrogens with zero attached hydrogens (tertiary/aromatic N) is 2. The van der Waals surface area contributed by atoms with Crippen LogP contribution in [0.2, 0.25) is 0 Å². The van der Waals surface area contributed by atoms with Crippen LogP contribution in [0.1, 0.15) is 23.8 Å². The molecule has 1 fully saturated rings. The average Bonchev–Trinajstić information content (AvgIpc) is 3.22. The molecule has 122 valence electrons. The van der Waals surface area contributed by atoms with Gasteiger partial charge in [0, 0.05) is 31.2 Å². The number of rotatable bonds is 5. The zero-order valence-electron chi connectivity index (χ0n) is 13.1. The molecule has 1 aliphatic heterocycles. The minimum atomic E-state index is -0.0269. The third-order valence-electron chi connectivity index (χ3n) is 4.14. The van der Waals surface area contributed by atoms with Crippen molar-refractivity contribution >= 4 is 21.8 Å². The number of H-pyrrole nitrogens is 1. The predicted molar refractivity (Wildman–Crippen MR) is 92.2 cm³/mol. The van der Waals surface area contributed by atoms with Gasteiger partial charge in [-0.2, -0.15) is 5.10 Å². The molecule has 2 heterocycles. The summed E-state index contributed by atoms with van der Waals surface area (Å²) in [7, 11) is 0. The van der Waals surface area contributed by atoms with Gasteiger partial charge < -0.3 is 9.64 Å². The number of hydrogen-bond donors (Lipinski definition) is 1. The van der Waals surface area contributed by atoms with Crippen LogP contribution in [0.15, 0.2) is 34.8 Å². The zero-order valence-corrected chi connectivity index (χ0v) is 14.7. The molecule has 2 aromatic rings. The topological polar surface area (TPSA) is 58.2 Å². The lowest BCUT2D eigenvalue weighted by atomic mass is 10.1. The second-order valence-electron chi connectivity index (χ2n) is 5.70. The minimum absolute atomic E-state index is 0.0269. The lowest BCUT2D eigenvalue weighted by Gasteiger charge is -2.23. The number of nitrogens with one attached hydrogen (secondary N) is 1. The fraction of sp³-hybridized carbons (Fsp3) is 0.412. The van der Waals surface area contributed by atoms with Gasteiger partial charge in [-0.15, -0.1) is 0 Å². The standard InChI is InChI=1S/C17H20BrN3O2/c1-2-21(10-12-8-9-23-11-12)17(22)16-14(18)15(19-20-16)13-6-4-3-5-7-13/h3-7,12H,2,8-11H2,1H3,(H,19,20)/t12-/m1/s1. The summed E-state index contributed by atoms with van der Waals surface area (Å²) in [5, 5.41) is 7.20. The summed E-state index contributed by atoms with van der Waals surface area (Å²) < 4.78 is 6.12. The Morgan fingerprint density at radius 3 is 2.87 bits per heavy atom. The van der Waals surface area contributed by atoms with Crippen molar-refractivity contribution in [2.45, 2.75) is 13.3 Å². The van der Waals surface area contributed by atoms with E-state index in [1.165, 1.54) is 0 Å². The summed E-state index contributed by atoms with van der Waals surface area (Å²) in [5.74, 6) is 0.398. The molecular formula is C17H20BrN3O2. The van der Waals surface area contributed by atoms with E-state index in [4.69, 9.17) is 4.74 Å². The molecule has 1 atom stereocenters. The summed E-state index contributed by atoms with van der Waals surface area (Å²) in [4.78, 5) is 14.7. The highest BCUT2D eigenvalue weighted by molar-refractivity contribution is 9.10. The second kappa shape index (κ2) is 7.27. The number of aromatic amines is 1. The molecule has 0 spiro atoms. The van der Waals surface area contributed by atoms with E-state index in [2.05, 4.69) is 26.1 Å². The van der Waals surface area contributed by atoms with E-state index in [0.29, 0.717) is 18.2 Å². The van der Waals surface area contributed by atoms with Crippen molar-refractivity contribution in [3.63, 3.8) is 0 Å². The smallest absolute Gasteiger partial charge is 0.273 e. The quantitative estimate of drug-likeness (QED) is 0.868. The minimum Gasteiger partial charge on any atom is -0.381 e. The molecule has 1 aromatic carbocycles. The van der Waals surface area contributed by atoms with Crippen LogP contribution in [0, 0.1) is 5.92 Å². The number of aromatic nitrogens is 2. The maximum atomic E-state index is 12.8. The SMILES string of the molecule is CCN(C[C@H]1CCOC1)C(=O)c1[nH]nc(-c2ccccc2)c1Br. The fourth-order valence-electron chi connectivity index (χ4n) is 2.81. The number of carbonyl (C=O) groups excluding carboxylic acids is 1. The summed E-state index contributed by atoms with van der Waals surface area (Å²) in [6, 6.07) is 9.82. The molecule has 0 aliphatic carbocycles. The van der Waals surface area contributed by atoms with Crippen molar-refractivity contribution in [3.8, 4) is 11.3 Å². The Kier molecular flexibility index (Phi) is 5.13. The Bertz CT molecular complexity index is 666. The highest BCUT2D eigenvalue weighted by Gasteiger charge is 2.26. The van der Waals surface area contributed by atoms with E-state index in [0.717, 1.165) is 41.9 Å². The number of halogens is 1. The van der Waals surface area contributed by atoms with E-state index in [9.17, 15) is 4.79 Å². The Balaban J connectivity index is 1.80. The van der Waals surface area contributed by atoms with Gasteiger partial charge in [0.05, 0.1) is 11.1 Å². The van der Waals surface area contributed by atoms with Gasteiger partial charge in [-0.25, -0.2) is 0 Å². The van der Waals surface area contributed by atoms with E-state index >= 15 is 0 Å². The number of benzene rings is 1. The lowest BCUT2D eigenvalue weighted by Crippen LogP contribution is -2.35. The Labute approximate surface area is 144 Å². The molecule has 1 saturated heterocycles. The van der Waals surface area contributed by atoms with E-state index in [-0.39, 0.29) is 5.91 Å². The largest absolute Gasteiger partial charge is 0.381 e. The first-order chi connectivity index (χ1) is 11.2. The van der Waals surface area contributed by atoms with Crippen LogP contribution in [-0.2, 0) is 4.74 Å². The highest BCUT2D eigenvalue weighted by Crippen LogP contribution is 2.29. The maximum absolute atomic E-state index is 12.8. The summed E-state index contributed by atoms with van der Waals surface area (Å²) in [6.07, 6.45) is 1.02. The molecule has 1 N–H and O–H groups in total. The van der Waals surface area contributed by atoms with Crippen molar-refractivity contribution in [3.05, 3.63) is 40.5 Å². The van der Waals surface area contributed by atoms with Crippen LogP contribution < -0.4 is 0 Å². The zero-order chi connectivity index (χ0) is 16.2. The first-order valence-corrected chi connectivity index (χ1v) is 8.66. The van der Waals surface area contributed by atoms with Gasteiger partial charge in [0.2, 0.25) is 0 Å². The van der Waals surface area contributed by atoms with Gasteiger partial charge in [0.15, 0.2) is 0 Å². The van der Waals surface area contributed by atoms with E-state index in [1.807, 2.05) is 42.2 Å². The first kappa shape index (κ1) is 16.2. The fourth-order valence-corrected chi connectivity index (χ4v) is 3.39. The molecule has 1 aromatic heterocycles. The van der Waals surface area contributed by atoms with Crippen molar-refractivity contribution in [2.75, 3.05) is 26.3 Å². The van der Waals surface area contributed by atoms with Gasteiger partial charge in [-0.3, -0.25) is 9.89 Å². The number of ether oxygens (including phenoxy) is 1. The molecule has 23 heavy (non-hydrogen) atoms. The Morgan fingerprint density at radius 2 is 2.22 bits per heavy atom. The molecule has 0 unspecified atom stereocenters. The van der Waals surface area contributed by atoms with Gasteiger partial charge in [-0.1, -0.05) is 30.3 Å². The highest BCUT2D eigenvalue weighted by atomic mass is 79.9. The molecule has 5 nitrogen and oxygen atoms in total. The van der Waals surface area contributed by atoms with Gasteiger partial charge >= 0.3 is 0 Å². The Hall–Kier alpha value is -1.66. The van der Waals surface area contributed by atoms with Gasteiger partial charge in [0.25, 0.3) is 5.91 Å². The first-order valence-electron chi connectivity index (χ1n) is 7.87. The molecule has 3 rings (SSSR count). The van der Waals surface area contributed by atoms with E-state index in [1.54, 1.807) is 0 Å². The summed E-state index contributed by atoms with van der Waals surface area (Å²) >= 11 is 3.53. The molecule has 1 amide bonds. The molecular weight excluding hydrogens is 358 g/mol. The predicted octanol–water partition coefficient (Wildman–Crippen LogP) is 3.34. The van der Waals surface area contributed by atoms with Crippen LogP contribution in [0.5, 0.6) is 0 Å². The molecule has 0 bridgehead atoms. The third kappa shape index (κ3) is 3.48. The van der Waals surface area contributed by atoms with Crippen molar-refractivity contribution in [1.82, 2.24) is 15.1 Å². The molecule has 1 aliphatic rings. The van der Waals surface area contributed by atoms with Crippen LogP contribution in [0.3, 0.4) is 0 Å². The van der Waals surface area contributed by atoms with Gasteiger partial charge in [0.1, 0.15) is 11.4 Å². The molecule has 0 radical (unpaired) electrons.